The van der Waals surface area contributed by atoms with Crippen LogP contribution < -0.4 is 11.1 Å². The van der Waals surface area contributed by atoms with Crippen LogP contribution in [0.5, 0.6) is 0 Å². The fourth-order valence-corrected chi connectivity index (χ4v) is 1.76. The van der Waals surface area contributed by atoms with Crippen molar-refractivity contribution < 1.29 is 19.5 Å². The maximum atomic E-state index is 12.1. The summed E-state index contributed by atoms with van der Waals surface area (Å²) < 4.78 is 0. The van der Waals surface area contributed by atoms with E-state index in [1.807, 2.05) is 27.7 Å². The topological polar surface area (TPSA) is 113 Å². The first-order valence-corrected chi connectivity index (χ1v) is 6.70. The highest BCUT2D eigenvalue weighted by Crippen LogP contribution is 2.05. The van der Waals surface area contributed by atoms with Crippen molar-refractivity contribution >= 4 is 17.9 Å². The molecule has 0 spiro atoms. The van der Waals surface area contributed by atoms with Crippen molar-refractivity contribution in [2.75, 3.05) is 13.1 Å². The van der Waals surface area contributed by atoms with Crippen LogP contribution in [0.15, 0.2) is 0 Å². The Morgan fingerprint density at radius 1 is 1.10 bits per heavy atom. The number of amides is 3. The lowest BCUT2D eigenvalue weighted by Crippen LogP contribution is -2.50. The number of carbonyl (C=O) groups excluding carboxylic acids is 2. The van der Waals surface area contributed by atoms with Crippen molar-refractivity contribution in [3.63, 3.8) is 0 Å². The van der Waals surface area contributed by atoms with Gasteiger partial charge in [0.15, 0.2) is 0 Å². The van der Waals surface area contributed by atoms with Crippen molar-refractivity contribution in [1.29, 1.82) is 0 Å². The molecule has 4 N–H and O–H groups in total. The Balaban J connectivity index is 4.77. The van der Waals surface area contributed by atoms with Crippen molar-refractivity contribution in [3.8, 4) is 0 Å². The maximum absolute atomic E-state index is 12.1. The van der Waals surface area contributed by atoms with Crippen LogP contribution in [0.25, 0.3) is 0 Å². The van der Waals surface area contributed by atoms with Crippen LogP contribution in [0.1, 0.15) is 34.1 Å². The van der Waals surface area contributed by atoms with Crippen LogP contribution in [-0.4, -0.2) is 47.0 Å². The summed E-state index contributed by atoms with van der Waals surface area (Å²) in [5, 5.41) is 11.3. The molecule has 0 aliphatic carbocycles. The Morgan fingerprint density at radius 2 is 1.55 bits per heavy atom. The molecular formula is C13H25N3O4. The van der Waals surface area contributed by atoms with E-state index in [0.29, 0.717) is 13.1 Å². The number of nitrogens with two attached hydrogens (primary N) is 1. The second kappa shape index (κ2) is 8.39. The van der Waals surface area contributed by atoms with Gasteiger partial charge in [-0.05, 0) is 11.8 Å². The second-order valence-electron chi connectivity index (χ2n) is 5.70. The van der Waals surface area contributed by atoms with E-state index in [2.05, 4.69) is 5.32 Å². The van der Waals surface area contributed by atoms with Crippen molar-refractivity contribution in [2.45, 2.75) is 40.2 Å². The molecule has 0 rings (SSSR count). The molecule has 0 heterocycles. The molecule has 116 valence electrons. The molecule has 0 aromatic rings. The Labute approximate surface area is 119 Å². The molecule has 0 aromatic carbocycles. The predicted octanol–water partition coefficient (Wildman–Crippen LogP) is 0.639. The highest BCUT2D eigenvalue weighted by Gasteiger charge is 2.25. The third-order valence-corrected chi connectivity index (χ3v) is 2.46. The number of primary amides is 1. The van der Waals surface area contributed by atoms with E-state index >= 15 is 0 Å². The van der Waals surface area contributed by atoms with Crippen molar-refractivity contribution in [3.05, 3.63) is 0 Å². The molecule has 20 heavy (non-hydrogen) atoms. The number of nitrogens with one attached hydrogen (secondary N) is 1. The van der Waals surface area contributed by atoms with Gasteiger partial charge < -0.3 is 21.1 Å². The molecule has 0 aliphatic heterocycles. The van der Waals surface area contributed by atoms with Gasteiger partial charge in [0.2, 0.25) is 5.91 Å². The number of nitrogens with zero attached hydrogens (tertiary/aromatic N) is 1. The molecule has 0 radical (unpaired) electrons. The zero-order valence-corrected chi connectivity index (χ0v) is 12.5. The molecule has 3 amide bonds. The average Bonchev–Trinajstić information content (AvgIpc) is 2.24. The predicted molar refractivity (Wildman–Crippen MR) is 75.0 cm³/mol. The van der Waals surface area contributed by atoms with Crippen molar-refractivity contribution in [1.82, 2.24) is 10.2 Å². The number of urea groups is 1. The van der Waals surface area contributed by atoms with E-state index in [0.717, 1.165) is 0 Å². The molecule has 1 atom stereocenters. The highest BCUT2D eigenvalue weighted by molar-refractivity contribution is 5.87. The summed E-state index contributed by atoms with van der Waals surface area (Å²) in [6.45, 7) is 8.93. The van der Waals surface area contributed by atoms with Crippen LogP contribution in [0, 0.1) is 11.8 Å². The largest absolute Gasteiger partial charge is 0.480 e. The maximum Gasteiger partial charge on any atom is 0.326 e. The number of hydrogen-bond donors (Lipinski definition) is 3. The molecule has 0 aliphatic rings. The average molecular weight is 287 g/mol. The van der Waals surface area contributed by atoms with E-state index in [4.69, 9.17) is 10.8 Å². The molecule has 0 fully saturated rings. The number of carboxylic acids is 1. The SMILES string of the molecule is CC(C)CN(CC(C)C)C(=O)N[C@@H](CC(N)=O)C(=O)O. The van der Waals surface area contributed by atoms with Gasteiger partial charge in [0.1, 0.15) is 6.04 Å². The van der Waals surface area contributed by atoms with E-state index < -0.39 is 30.4 Å². The van der Waals surface area contributed by atoms with Gasteiger partial charge >= 0.3 is 12.0 Å². The lowest BCUT2D eigenvalue weighted by atomic mass is 10.1. The van der Waals surface area contributed by atoms with Crippen LogP contribution in [-0.2, 0) is 9.59 Å². The molecule has 7 nitrogen and oxygen atoms in total. The van der Waals surface area contributed by atoms with Crippen molar-refractivity contribution in [2.24, 2.45) is 17.6 Å². The van der Waals surface area contributed by atoms with Crippen LogP contribution in [0.3, 0.4) is 0 Å². The molecular weight excluding hydrogens is 262 g/mol. The Kier molecular flexibility index (Phi) is 7.64. The normalized spacial score (nSPS) is 12.3. The molecule has 0 bridgehead atoms. The molecule has 0 saturated heterocycles. The van der Waals surface area contributed by atoms with Gasteiger partial charge in [-0.1, -0.05) is 27.7 Å². The minimum atomic E-state index is -1.29. The summed E-state index contributed by atoms with van der Waals surface area (Å²) in [4.78, 5) is 35.5. The third-order valence-electron chi connectivity index (χ3n) is 2.46. The number of carboxylic acid groups (broad SMARTS) is 1. The summed E-state index contributed by atoms with van der Waals surface area (Å²) in [5.74, 6) is -1.51. The molecule has 0 unspecified atom stereocenters. The van der Waals surface area contributed by atoms with Crippen LogP contribution >= 0.6 is 0 Å². The van der Waals surface area contributed by atoms with E-state index in [1.165, 1.54) is 0 Å². The van der Waals surface area contributed by atoms with E-state index in [9.17, 15) is 14.4 Å². The van der Waals surface area contributed by atoms with Gasteiger partial charge in [-0.25, -0.2) is 9.59 Å². The number of rotatable bonds is 8. The first-order chi connectivity index (χ1) is 9.13. The monoisotopic (exact) mass is 287 g/mol. The van der Waals surface area contributed by atoms with Gasteiger partial charge in [0, 0.05) is 13.1 Å². The summed E-state index contributed by atoms with van der Waals surface area (Å²) in [7, 11) is 0. The lowest BCUT2D eigenvalue weighted by molar-refractivity contribution is -0.141. The van der Waals surface area contributed by atoms with Gasteiger partial charge in [0.05, 0.1) is 6.42 Å². The summed E-state index contributed by atoms with van der Waals surface area (Å²) in [5.41, 5.74) is 4.98. The summed E-state index contributed by atoms with van der Waals surface area (Å²) >= 11 is 0. The van der Waals surface area contributed by atoms with Gasteiger partial charge in [-0.3, -0.25) is 4.79 Å². The molecule has 0 saturated carbocycles. The Bertz CT molecular complexity index is 346. The minimum Gasteiger partial charge on any atom is -0.480 e. The van der Waals surface area contributed by atoms with Gasteiger partial charge in [-0.15, -0.1) is 0 Å². The third kappa shape index (κ3) is 7.60. The summed E-state index contributed by atoms with van der Waals surface area (Å²) in [6, 6.07) is -1.78. The smallest absolute Gasteiger partial charge is 0.326 e. The highest BCUT2D eigenvalue weighted by atomic mass is 16.4. The lowest BCUT2D eigenvalue weighted by Gasteiger charge is -2.28. The Morgan fingerprint density at radius 3 is 1.85 bits per heavy atom. The fourth-order valence-electron chi connectivity index (χ4n) is 1.76. The molecule has 7 heteroatoms. The molecule has 0 aromatic heterocycles. The number of hydrogen-bond acceptors (Lipinski definition) is 3. The Hall–Kier alpha value is -1.79. The standard InChI is InChI=1S/C13H25N3O4/c1-8(2)6-16(7-9(3)4)13(20)15-10(12(18)19)5-11(14)17/h8-10H,5-7H2,1-4H3,(H2,14,17)(H,15,20)(H,18,19)/t10-/m0/s1. The quantitative estimate of drug-likeness (QED) is 0.608. The first kappa shape index (κ1) is 18.2. The number of carbonyl (C=O) groups is 3. The zero-order valence-electron chi connectivity index (χ0n) is 12.5. The van der Waals surface area contributed by atoms with Gasteiger partial charge in [0.25, 0.3) is 0 Å². The first-order valence-electron chi connectivity index (χ1n) is 6.70. The number of aliphatic carboxylic acids is 1. The zero-order chi connectivity index (χ0) is 15.9. The van der Waals surface area contributed by atoms with Crippen LogP contribution in [0.4, 0.5) is 4.79 Å². The van der Waals surface area contributed by atoms with Gasteiger partial charge in [-0.2, -0.15) is 0 Å². The minimum absolute atomic E-state index is 0.263. The van der Waals surface area contributed by atoms with E-state index in [1.54, 1.807) is 4.90 Å². The summed E-state index contributed by atoms with van der Waals surface area (Å²) in [6.07, 6.45) is -0.418. The fraction of sp³-hybridized carbons (Fsp3) is 0.769. The van der Waals surface area contributed by atoms with Crippen LogP contribution in [0.2, 0.25) is 0 Å². The second-order valence-corrected chi connectivity index (χ2v) is 5.70. The van der Waals surface area contributed by atoms with E-state index in [-0.39, 0.29) is 11.8 Å².